The summed E-state index contributed by atoms with van der Waals surface area (Å²) >= 11 is 0. The highest BCUT2D eigenvalue weighted by Gasteiger charge is 2.02. The maximum absolute atomic E-state index is 8.16. The van der Waals surface area contributed by atoms with E-state index in [0.717, 1.165) is 0 Å². The molecule has 0 rings (SSSR count). The monoisotopic (exact) mass is 104 g/mol. The third-order valence-electron chi connectivity index (χ3n) is 0.580. The van der Waals surface area contributed by atoms with Crippen LogP contribution >= 0.6 is 0 Å². The van der Waals surface area contributed by atoms with Crippen molar-refractivity contribution in [3.05, 3.63) is 0 Å². The van der Waals surface area contributed by atoms with Crippen molar-refractivity contribution in [2.24, 2.45) is 0 Å². The average molecular weight is 104 g/mol. The van der Waals surface area contributed by atoms with Crippen molar-refractivity contribution < 1.29 is 14.8 Å². The Kier molecular flexibility index (Phi) is 4.08. The maximum atomic E-state index is 8.16. The number of hydrogen-bond acceptors (Lipinski definition) is 3. The molecule has 0 aromatic rings. The molecule has 0 aliphatic rings. The van der Waals surface area contributed by atoms with Gasteiger partial charge in [-0.25, -0.2) is 0 Å². The Morgan fingerprint density at radius 3 is 2.29 bits per heavy atom. The van der Waals surface area contributed by atoms with Crippen LogP contribution in [-0.4, -0.2) is 30.9 Å². The van der Waals surface area contributed by atoms with Gasteiger partial charge in [0.25, 0.3) is 0 Å². The van der Waals surface area contributed by atoms with E-state index in [-0.39, 0.29) is 6.32 Å². The topological polar surface area (TPSA) is 49.7 Å². The van der Waals surface area contributed by atoms with Gasteiger partial charge >= 0.3 is 7.12 Å². The van der Waals surface area contributed by atoms with Gasteiger partial charge in [-0.1, -0.05) is 0 Å². The Labute approximate surface area is 43.1 Å². The number of rotatable bonds is 3. The van der Waals surface area contributed by atoms with Gasteiger partial charge in [-0.2, -0.15) is 0 Å². The molecule has 4 heteroatoms. The van der Waals surface area contributed by atoms with E-state index in [1.807, 2.05) is 0 Å². The Hall–Kier alpha value is -0.0551. The Morgan fingerprint density at radius 1 is 1.57 bits per heavy atom. The van der Waals surface area contributed by atoms with Gasteiger partial charge in [0.1, 0.15) is 0 Å². The summed E-state index contributed by atoms with van der Waals surface area (Å²) in [6.07, 6.45) is 0.288. The van der Waals surface area contributed by atoms with Gasteiger partial charge in [0.2, 0.25) is 0 Å². The molecular weight excluding hydrogens is 94.8 g/mol. The van der Waals surface area contributed by atoms with E-state index in [4.69, 9.17) is 10.0 Å². The van der Waals surface area contributed by atoms with E-state index >= 15 is 0 Å². The minimum atomic E-state index is -1.22. The lowest BCUT2D eigenvalue weighted by Gasteiger charge is -1.93. The highest BCUT2D eigenvalue weighted by atomic mass is 16.5. The molecule has 0 bridgehead atoms. The molecule has 0 saturated carbocycles. The van der Waals surface area contributed by atoms with E-state index in [2.05, 4.69) is 4.74 Å². The minimum absolute atomic E-state index is 0.288. The van der Waals surface area contributed by atoms with Crippen LogP contribution in [0.1, 0.15) is 0 Å². The molecule has 0 aromatic carbocycles. The highest BCUT2D eigenvalue weighted by Crippen LogP contribution is 1.81. The van der Waals surface area contributed by atoms with E-state index < -0.39 is 7.12 Å². The van der Waals surface area contributed by atoms with Crippen molar-refractivity contribution in [3.8, 4) is 0 Å². The highest BCUT2D eigenvalue weighted by molar-refractivity contribution is 6.41. The molecule has 0 radical (unpaired) electrons. The molecular formula is C3H9BO3. The standard InChI is InChI=1S/C3H9BO3/c1-7-3-2-4(5)6/h5-6H,2-3H2,1H3. The summed E-state index contributed by atoms with van der Waals surface area (Å²) in [6.45, 7) is 0.400. The van der Waals surface area contributed by atoms with Crippen LogP contribution in [0.15, 0.2) is 0 Å². The molecule has 7 heavy (non-hydrogen) atoms. The van der Waals surface area contributed by atoms with Crippen molar-refractivity contribution in [2.45, 2.75) is 6.32 Å². The van der Waals surface area contributed by atoms with Crippen LogP contribution in [0, 0.1) is 0 Å². The molecule has 0 fully saturated rings. The van der Waals surface area contributed by atoms with Crippen molar-refractivity contribution in [1.82, 2.24) is 0 Å². The molecule has 0 aromatic heterocycles. The first-order valence-electron chi connectivity index (χ1n) is 2.12. The maximum Gasteiger partial charge on any atom is 0.453 e. The zero-order valence-corrected chi connectivity index (χ0v) is 4.29. The fourth-order valence-electron chi connectivity index (χ4n) is 0.223. The average Bonchev–Trinajstić information content (AvgIpc) is 1.61. The van der Waals surface area contributed by atoms with Gasteiger partial charge in [-0.3, -0.25) is 0 Å². The summed E-state index contributed by atoms with van der Waals surface area (Å²) in [5, 5.41) is 16.3. The van der Waals surface area contributed by atoms with Crippen LogP contribution in [-0.2, 0) is 4.74 Å². The van der Waals surface area contributed by atoms with E-state index in [1.165, 1.54) is 7.11 Å². The molecule has 2 N–H and O–H groups in total. The summed E-state index contributed by atoms with van der Waals surface area (Å²) in [6, 6.07) is 0. The van der Waals surface area contributed by atoms with Crippen LogP contribution < -0.4 is 0 Å². The van der Waals surface area contributed by atoms with Crippen molar-refractivity contribution in [2.75, 3.05) is 13.7 Å². The van der Waals surface area contributed by atoms with E-state index in [0.29, 0.717) is 6.61 Å². The van der Waals surface area contributed by atoms with Crippen LogP contribution in [0.25, 0.3) is 0 Å². The van der Waals surface area contributed by atoms with Crippen molar-refractivity contribution in [1.29, 1.82) is 0 Å². The van der Waals surface area contributed by atoms with Gasteiger partial charge in [-0.15, -0.1) is 0 Å². The second-order valence-corrected chi connectivity index (χ2v) is 1.26. The third kappa shape index (κ3) is 5.94. The predicted molar refractivity (Wildman–Crippen MR) is 26.9 cm³/mol. The molecule has 0 amide bonds. The van der Waals surface area contributed by atoms with Gasteiger partial charge in [-0.05, 0) is 0 Å². The first-order valence-corrected chi connectivity index (χ1v) is 2.12. The molecule has 0 aliphatic carbocycles. The summed E-state index contributed by atoms with van der Waals surface area (Å²) < 4.78 is 4.53. The number of hydrogen-bond donors (Lipinski definition) is 2. The second-order valence-electron chi connectivity index (χ2n) is 1.26. The lowest BCUT2D eigenvalue weighted by molar-refractivity contribution is 0.207. The zero-order valence-electron chi connectivity index (χ0n) is 4.29. The van der Waals surface area contributed by atoms with Crippen LogP contribution in [0.5, 0.6) is 0 Å². The van der Waals surface area contributed by atoms with Crippen molar-refractivity contribution in [3.63, 3.8) is 0 Å². The third-order valence-corrected chi connectivity index (χ3v) is 0.580. The predicted octanol–water partition coefficient (Wildman–Crippen LogP) is -0.894. The fourth-order valence-corrected chi connectivity index (χ4v) is 0.223. The lowest BCUT2D eigenvalue weighted by Crippen LogP contribution is -2.12. The summed E-state index contributed by atoms with van der Waals surface area (Å²) in [4.78, 5) is 0. The lowest BCUT2D eigenvalue weighted by atomic mass is 9.87. The smallest absolute Gasteiger partial charge is 0.427 e. The van der Waals surface area contributed by atoms with Gasteiger partial charge in [0.05, 0.1) is 0 Å². The van der Waals surface area contributed by atoms with Crippen LogP contribution in [0.4, 0.5) is 0 Å². The SMILES string of the molecule is COCCB(O)O. The van der Waals surface area contributed by atoms with Gasteiger partial charge < -0.3 is 14.8 Å². The zero-order chi connectivity index (χ0) is 5.70. The molecule has 0 spiro atoms. The van der Waals surface area contributed by atoms with Crippen molar-refractivity contribution >= 4 is 7.12 Å². The minimum Gasteiger partial charge on any atom is -0.427 e. The molecule has 0 unspecified atom stereocenters. The second kappa shape index (κ2) is 4.11. The Balaban J connectivity index is 2.68. The normalized spacial score (nSPS) is 9.00. The molecule has 0 atom stereocenters. The molecule has 3 nitrogen and oxygen atoms in total. The molecule has 0 heterocycles. The number of ether oxygens (including phenoxy) is 1. The first-order chi connectivity index (χ1) is 3.27. The molecule has 0 saturated heterocycles. The number of methoxy groups -OCH3 is 1. The Bertz CT molecular complexity index is 39.2. The van der Waals surface area contributed by atoms with Crippen LogP contribution in [0.2, 0.25) is 6.32 Å². The Morgan fingerprint density at radius 2 is 2.14 bits per heavy atom. The summed E-state index contributed by atoms with van der Waals surface area (Å²) in [5.74, 6) is 0. The quantitative estimate of drug-likeness (QED) is 0.456. The van der Waals surface area contributed by atoms with Gasteiger partial charge in [0, 0.05) is 20.0 Å². The van der Waals surface area contributed by atoms with Crippen LogP contribution in [0.3, 0.4) is 0 Å². The molecule has 42 valence electrons. The largest absolute Gasteiger partial charge is 0.453 e. The summed E-state index contributed by atoms with van der Waals surface area (Å²) in [5.41, 5.74) is 0. The van der Waals surface area contributed by atoms with E-state index in [1.54, 1.807) is 0 Å². The summed E-state index contributed by atoms with van der Waals surface area (Å²) in [7, 11) is 0.294. The molecule has 0 aliphatic heterocycles. The van der Waals surface area contributed by atoms with E-state index in [9.17, 15) is 0 Å². The fraction of sp³-hybridized carbons (Fsp3) is 1.00. The first kappa shape index (κ1) is 6.94. The van der Waals surface area contributed by atoms with Gasteiger partial charge in [0.15, 0.2) is 0 Å².